The van der Waals surface area contributed by atoms with Gasteiger partial charge in [-0.2, -0.15) is 5.48 Å². The Morgan fingerprint density at radius 1 is 1.32 bits per heavy atom. The van der Waals surface area contributed by atoms with E-state index in [0.29, 0.717) is 17.9 Å². The molecular formula is C16H30N4O2. The van der Waals surface area contributed by atoms with Crippen LogP contribution < -0.4 is 21.4 Å². The van der Waals surface area contributed by atoms with Crippen LogP contribution in [-0.4, -0.2) is 36.4 Å². The molecular weight excluding hydrogens is 280 g/mol. The van der Waals surface area contributed by atoms with Crippen molar-refractivity contribution >= 4 is 5.91 Å². The van der Waals surface area contributed by atoms with Gasteiger partial charge in [-0.1, -0.05) is 20.3 Å². The summed E-state index contributed by atoms with van der Waals surface area (Å²) in [6.07, 6.45) is 5.62. The van der Waals surface area contributed by atoms with E-state index in [9.17, 15) is 4.79 Å². The molecule has 7 unspecified atom stereocenters. The second-order valence-electron chi connectivity index (χ2n) is 7.22. The summed E-state index contributed by atoms with van der Waals surface area (Å²) >= 11 is 0. The zero-order chi connectivity index (χ0) is 15.7. The number of carbonyl (C=O) groups excluding carboxylic acids is 1. The zero-order valence-corrected chi connectivity index (χ0v) is 13.9. The predicted molar refractivity (Wildman–Crippen MR) is 84.7 cm³/mol. The standard InChI is InChI=1S/C16H30N4O2/c1-4-12(16-17-10(3)20-22-16)19-15(21)13-8-11-7-5-6-9(2)14(11)18-13/h9-14,16-18,20H,4-8H2,1-3H3,(H,19,21). The van der Waals surface area contributed by atoms with E-state index in [1.807, 2.05) is 6.92 Å². The van der Waals surface area contributed by atoms with Crippen molar-refractivity contribution in [3.63, 3.8) is 0 Å². The van der Waals surface area contributed by atoms with Gasteiger partial charge in [-0.3, -0.25) is 14.9 Å². The normalized spacial score (nSPS) is 42.9. The van der Waals surface area contributed by atoms with Crippen LogP contribution in [0.3, 0.4) is 0 Å². The molecule has 2 aliphatic heterocycles. The monoisotopic (exact) mass is 310 g/mol. The van der Waals surface area contributed by atoms with Crippen LogP contribution in [0.15, 0.2) is 0 Å². The van der Waals surface area contributed by atoms with Crippen molar-refractivity contribution in [1.82, 2.24) is 21.4 Å². The second kappa shape index (κ2) is 6.83. The Bertz CT molecular complexity index is 406. The summed E-state index contributed by atoms with van der Waals surface area (Å²) in [4.78, 5) is 18.1. The SMILES string of the molecule is CCC(NC(=O)C1CC2CCCC(C)C2N1)C1NC(C)NO1. The number of rotatable bonds is 4. The van der Waals surface area contributed by atoms with Gasteiger partial charge in [0.25, 0.3) is 0 Å². The lowest BCUT2D eigenvalue weighted by Crippen LogP contribution is -2.53. The van der Waals surface area contributed by atoms with Crippen molar-refractivity contribution in [3.8, 4) is 0 Å². The number of carbonyl (C=O) groups is 1. The van der Waals surface area contributed by atoms with Crippen molar-refractivity contribution in [3.05, 3.63) is 0 Å². The Hall–Kier alpha value is -0.690. The second-order valence-corrected chi connectivity index (χ2v) is 7.22. The molecule has 6 nitrogen and oxygen atoms in total. The number of hydrogen-bond acceptors (Lipinski definition) is 5. The molecule has 0 radical (unpaired) electrons. The van der Waals surface area contributed by atoms with Gasteiger partial charge in [0, 0.05) is 6.04 Å². The van der Waals surface area contributed by atoms with Gasteiger partial charge in [-0.25, -0.2) is 0 Å². The summed E-state index contributed by atoms with van der Waals surface area (Å²) in [5, 5.41) is 10.0. The van der Waals surface area contributed by atoms with E-state index in [1.54, 1.807) is 0 Å². The highest BCUT2D eigenvalue weighted by Gasteiger charge is 2.42. The Morgan fingerprint density at radius 3 is 2.77 bits per heavy atom. The van der Waals surface area contributed by atoms with Gasteiger partial charge >= 0.3 is 0 Å². The van der Waals surface area contributed by atoms with Crippen LogP contribution in [0.25, 0.3) is 0 Å². The minimum atomic E-state index is -0.161. The van der Waals surface area contributed by atoms with Gasteiger partial charge in [0.15, 0.2) is 6.23 Å². The van der Waals surface area contributed by atoms with Gasteiger partial charge in [0.05, 0.1) is 18.2 Å². The topological polar surface area (TPSA) is 74.4 Å². The smallest absolute Gasteiger partial charge is 0.237 e. The maximum Gasteiger partial charge on any atom is 0.237 e. The van der Waals surface area contributed by atoms with Gasteiger partial charge in [0.2, 0.25) is 5.91 Å². The molecule has 126 valence electrons. The fourth-order valence-electron chi connectivity index (χ4n) is 4.24. The molecule has 4 N–H and O–H groups in total. The first-order valence-electron chi connectivity index (χ1n) is 8.82. The summed E-state index contributed by atoms with van der Waals surface area (Å²) in [5.41, 5.74) is 2.90. The molecule has 0 spiro atoms. The highest BCUT2D eigenvalue weighted by Crippen LogP contribution is 2.36. The Morgan fingerprint density at radius 2 is 2.14 bits per heavy atom. The molecule has 3 aliphatic rings. The van der Waals surface area contributed by atoms with E-state index in [-0.39, 0.29) is 30.4 Å². The van der Waals surface area contributed by atoms with E-state index in [4.69, 9.17) is 4.84 Å². The molecule has 7 atom stereocenters. The number of hydrogen-bond donors (Lipinski definition) is 4. The molecule has 0 bridgehead atoms. The van der Waals surface area contributed by atoms with E-state index in [1.165, 1.54) is 19.3 Å². The minimum Gasteiger partial charge on any atom is -0.348 e. The van der Waals surface area contributed by atoms with Crippen molar-refractivity contribution in [2.24, 2.45) is 11.8 Å². The summed E-state index contributed by atoms with van der Waals surface area (Å²) in [5.74, 6) is 1.48. The van der Waals surface area contributed by atoms with E-state index >= 15 is 0 Å². The fourth-order valence-corrected chi connectivity index (χ4v) is 4.24. The van der Waals surface area contributed by atoms with E-state index in [0.717, 1.165) is 12.8 Å². The van der Waals surface area contributed by atoms with Gasteiger partial charge in [-0.05, 0) is 44.4 Å². The third-order valence-corrected chi connectivity index (χ3v) is 5.52. The molecule has 2 saturated heterocycles. The Labute approximate surface area is 133 Å². The molecule has 3 rings (SSSR count). The lowest BCUT2D eigenvalue weighted by atomic mass is 9.78. The fraction of sp³-hybridized carbons (Fsp3) is 0.938. The lowest BCUT2D eigenvalue weighted by Gasteiger charge is -2.31. The maximum absolute atomic E-state index is 12.6. The predicted octanol–water partition coefficient (Wildman–Crippen LogP) is 0.844. The molecule has 1 aliphatic carbocycles. The molecule has 1 amide bonds. The van der Waals surface area contributed by atoms with Crippen molar-refractivity contribution < 1.29 is 9.63 Å². The van der Waals surface area contributed by atoms with Gasteiger partial charge < -0.3 is 10.6 Å². The lowest BCUT2D eigenvalue weighted by molar-refractivity contribution is -0.125. The van der Waals surface area contributed by atoms with Crippen molar-refractivity contribution in [1.29, 1.82) is 0 Å². The molecule has 0 aromatic rings. The van der Waals surface area contributed by atoms with Crippen LogP contribution in [-0.2, 0) is 9.63 Å². The average molecular weight is 310 g/mol. The molecule has 22 heavy (non-hydrogen) atoms. The summed E-state index contributed by atoms with van der Waals surface area (Å²) in [7, 11) is 0. The number of fused-ring (bicyclic) bond motifs is 1. The van der Waals surface area contributed by atoms with Crippen LogP contribution in [0.4, 0.5) is 0 Å². The highest BCUT2D eigenvalue weighted by molar-refractivity contribution is 5.82. The van der Waals surface area contributed by atoms with E-state index < -0.39 is 0 Å². The van der Waals surface area contributed by atoms with Crippen LogP contribution >= 0.6 is 0 Å². The van der Waals surface area contributed by atoms with Crippen LogP contribution in [0, 0.1) is 11.8 Å². The van der Waals surface area contributed by atoms with Crippen LogP contribution in [0.2, 0.25) is 0 Å². The van der Waals surface area contributed by atoms with Crippen LogP contribution in [0.1, 0.15) is 52.9 Å². The molecule has 2 heterocycles. The van der Waals surface area contributed by atoms with Crippen LogP contribution in [0.5, 0.6) is 0 Å². The average Bonchev–Trinajstić information content (AvgIpc) is 3.11. The number of hydroxylamine groups is 1. The maximum atomic E-state index is 12.6. The van der Waals surface area contributed by atoms with Crippen molar-refractivity contribution in [2.75, 3.05) is 0 Å². The molecule has 0 aromatic heterocycles. The quantitative estimate of drug-likeness (QED) is 0.619. The minimum absolute atomic E-state index is 0.00759. The Kier molecular flexibility index (Phi) is 5.02. The summed E-state index contributed by atoms with van der Waals surface area (Å²) in [6.45, 7) is 6.38. The number of amides is 1. The largest absolute Gasteiger partial charge is 0.348 e. The zero-order valence-electron chi connectivity index (χ0n) is 13.9. The first kappa shape index (κ1) is 16.2. The molecule has 0 aromatic carbocycles. The summed E-state index contributed by atoms with van der Waals surface area (Å²) in [6, 6.07) is 0.468. The van der Waals surface area contributed by atoms with Crippen molar-refractivity contribution in [2.45, 2.75) is 83.4 Å². The first-order chi connectivity index (χ1) is 10.6. The highest BCUT2D eigenvalue weighted by atomic mass is 16.7. The molecule has 6 heteroatoms. The Balaban J connectivity index is 1.55. The molecule has 3 fully saturated rings. The molecule has 1 saturated carbocycles. The first-order valence-corrected chi connectivity index (χ1v) is 8.82. The van der Waals surface area contributed by atoms with E-state index in [2.05, 4.69) is 35.3 Å². The summed E-state index contributed by atoms with van der Waals surface area (Å²) < 4.78 is 0. The number of nitrogens with one attached hydrogen (secondary N) is 4. The third-order valence-electron chi connectivity index (χ3n) is 5.52. The van der Waals surface area contributed by atoms with Gasteiger partial charge in [0.1, 0.15) is 0 Å². The van der Waals surface area contributed by atoms with Gasteiger partial charge in [-0.15, -0.1) is 0 Å². The third kappa shape index (κ3) is 3.30.